The lowest BCUT2D eigenvalue weighted by Gasteiger charge is -2.04. The van der Waals surface area contributed by atoms with Crippen molar-refractivity contribution in [1.29, 1.82) is 0 Å². The van der Waals surface area contributed by atoms with E-state index in [4.69, 9.17) is 10.5 Å². The van der Waals surface area contributed by atoms with Crippen LogP contribution in [0.2, 0.25) is 0 Å². The number of hydrogen-bond acceptors (Lipinski definition) is 3. The van der Waals surface area contributed by atoms with Crippen molar-refractivity contribution in [1.82, 2.24) is 15.1 Å². The van der Waals surface area contributed by atoms with Crippen LogP contribution >= 0.6 is 24.0 Å². The molecule has 0 saturated heterocycles. The first-order chi connectivity index (χ1) is 7.63. The number of nitrogens with one attached hydrogen (secondary N) is 1. The number of nitrogens with two attached hydrogens (primary N) is 1. The molecule has 0 fully saturated rings. The van der Waals surface area contributed by atoms with E-state index in [0.29, 0.717) is 25.7 Å². The number of guanidine groups is 1. The van der Waals surface area contributed by atoms with Gasteiger partial charge in [-0.15, -0.1) is 24.0 Å². The molecule has 0 amide bonds. The Morgan fingerprint density at radius 2 is 2.35 bits per heavy atom. The first-order valence-corrected chi connectivity index (χ1v) is 5.15. The van der Waals surface area contributed by atoms with E-state index in [2.05, 4.69) is 15.4 Å². The van der Waals surface area contributed by atoms with Crippen LogP contribution in [0.4, 0.5) is 0 Å². The van der Waals surface area contributed by atoms with Gasteiger partial charge in [-0.1, -0.05) is 0 Å². The summed E-state index contributed by atoms with van der Waals surface area (Å²) in [5.41, 5.74) is 7.69. The highest BCUT2D eigenvalue weighted by molar-refractivity contribution is 14.0. The number of aromatic nitrogens is 2. The van der Waals surface area contributed by atoms with Gasteiger partial charge in [0.25, 0.3) is 0 Å². The molecular weight excluding hydrogens is 333 g/mol. The van der Waals surface area contributed by atoms with Gasteiger partial charge in [0.2, 0.25) is 0 Å². The van der Waals surface area contributed by atoms with Crippen molar-refractivity contribution in [3.63, 3.8) is 0 Å². The molecule has 98 valence electrons. The van der Waals surface area contributed by atoms with Crippen LogP contribution in [0.25, 0.3) is 0 Å². The van der Waals surface area contributed by atoms with E-state index < -0.39 is 0 Å². The van der Waals surface area contributed by atoms with E-state index >= 15 is 0 Å². The van der Waals surface area contributed by atoms with Gasteiger partial charge in [-0.3, -0.25) is 4.68 Å². The summed E-state index contributed by atoms with van der Waals surface area (Å²) in [5, 5.41) is 7.18. The van der Waals surface area contributed by atoms with Gasteiger partial charge in [0.1, 0.15) is 0 Å². The quantitative estimate of drug-likeness (QED) is 0.348. The third-order valence-corrected chi connectivity index (χ3v) is 2.12. The van der Waals surface area contributed by atoms with E-state index in [1.54, 1.807) is 11.8 Å². The average molecular weight is 353 g/mol. The summed E-state index contributed by atoms with van der Waals surface area (Å²) < 4.78 is 6.70. The summed E-state index contributed by atoms with van der Waals surface area (Å²) in [6.45, 7) is 3.76. The van der Waals surface area contributed by atoms with E-state index in [-0.39, 0.29) is 24.0 Å². The second-order valence-electron chi connectivity index (χ2n) is 3.52. The van der Waals surface area contributed by atoms with Crippen molar-refractivity contribution in [2.45, 2.75) is 13.5 Å². The fourth-order valence-electron chi connectivity index (χ4n) is 1.32. The Labute approximate surface area is 119 Å². The maximum Gasteiger partial charge on any atom is 0.189 e. The predicted molar refractivity (Wildman–Crippen MR) is 78.6 cm³/mol. The number of aryl methyl sites for hydroxylation is 2. The van der Waals surface area contributed by atoms with Crippen molar-refractivity contribution < 1.29 is 4.74 Å². The lowest BCUT2D eigenvalue weighted by molar-refractivity contribution is 0.204. The number of ether oxygens (including phenoxy) is 1. The summed E-state index contributed by atoms with van der Waals surface area (Å²) in [4.78, 5) is 4.21. The van der Waals surface area contributed by atoms with E-state index in [1.165, 1.54) is 0 Å². The molecule has 1 rings (SSSR count). The molecule has 0 spiro atoms. The van der Waals surface area contributed by atoms with Crippen molar-refractivity contribution in [3.05, 3.63) is 17.5 Å². The maximum atomic E-state index is 5.67. The molecule has 3 N–H and O–H groups in total. The van der Waals surface area contributed by atoms with Crippen molar-refractivity contribution >= 4 is 29.9 Å². The first kappa shape index (κ1) is 16.2. The molecular formula is C10H20IN5O. The number of methoxy groups -OCH3 is 1. The van der Waals surface area contributed by atoms with Crippen molar-refractivity contribution in [3.8, 4) is 0 Å². The van der Waals surface area contributed by atoms with Gasteiger partial charge in [0.05, 0.1) is 24.5 Å². The number of hydrogen-bond donors (Lipinski definition) is 2. The summed E-state index contributed by atoms with van der Waals surface area (Å²) in [5.74, 6) is 0.427. The third-order valence-electron chi connectivity index (χ3n) is 2.12. The normalized spacial score (nSPS) is 11.1. The Morgan fingerprint density at radius 3 is 2.88 bits per heavy atom. The molecule has 7 heteroatoms. The van der Waals surface area contributed by atoms with Crippen molar-refractivity contribution in [2.24, 2.45) is 17.8 Å². The zero-order valence-corrected chi connectivity index (χ0v) is 12.8. The topological polar surface area (TPSA) is 77.5 Å². The highest BCUT2D eigenvalue weighted by atomic mass is 127. The minimum atomic E-state index is 0. The smallest absolute Gasteiger partial charge is 0.189 e. The lowest BCUT2D eigenvalue weighted by Crippen LogP contribution is -2.34. The minimum absolute atomic E-state index is 0. The van der Waals surface area contributed by atoms with Gasteiger partial charge in [0.15, 0.2) is 5.96 Å². The maximum absolute atomic E-state index is 5.67. The molecule has 1 heterocycles. The Balaban J connectivity index is 0.00000256. The van der Waals surface area contributed by atoms with Crippen LogP contribution in [0, 0.1) is 6.92 Å². The van der Waals surface area contributed by atoms with E-state index in [0.717, 1.165) is 11.4 Å². The molecule has 0 saturated carbocycles. The van der Waals surface area contributed by atoms with E-state index in [1.807, 2.05) is 20.0 Å². The fourth-order valence-corrected chi connectivity index (χ4v) is 1.32. The summed E-state index contributed by atoms with van der Waals surface area (Å²) in [6, 6.07) is 1.99. The third kappa shape index (κ3) is 5.87. The molecule has 17 heavy (non-hydrogen) atoms. The van der Waals surface area contributed by atoms with Gasteiger partial charge in [-0.2, -0.15) is 5.10 Å². The van der Waals surface area contributed by atoms with Crippen LogP contribution in [0.5, 0.6) is 0 Å². The molecule has 6 nitrogen and oxygen atoms in total. The number of aliphatic imine (C=N–C) groups is 1. The van der Waals surface area contributed by atoms with Gasteiger partial charge < -0.3 is 15.8 Å². The van der Waals surface area contributed by atoms with Gasteiger partial charge in [0, 0.05) is 20.7 Å². The first-order valence-electron chi connectivity index (χ1n) is 5.15. The van der Waals surface area contributed by atoms with Crippen LogP contribution in [-0.4, -0.2) is 36.0 Å². The second kappa shape index (κ2) is 8.29. The zero-order chi connectivity index (χ0) is 12.0. The summed E-state index contributed by atoms with van der Waals surface area (Å²) >= 11 is 0. The lowest BCUT2D eigenvalue weighted by atomic mass is 10.4. The molecule has 0 atom stereocenters. The number of nitrogens with zero attached hydrogens (tertiary/aromatic N) is 3. The average Bonchev–Trinajstić information content (AvgIpc) is 2.55. The molecule has 0 aliphatic heterocycles. The predicted octanol–water partition coefficient (Wildman–Crippen LogP) is 0.397. The largest absolute Gasteiger partial charge is 0.383 e. The summed E-state index contributed by atoms with van der Waals surface area (Å²) in [7, 11) is 3.54. The Bertz CT molecular complexity index is 364. The van der Waals surface area contributed by atoms with E-state index in [9.17, 15) is 0 Å². The Morgan fingerprint density at radius 1 is 1.65 bits per heavy atom. The van der Waals surface area contributed by atoms with Crippen LogP contribution in [0.3, 0.4) is 0 Å². The molecule has 1 aromatic rings. The molecule has 0 aliphatic rings. The molecule has 0 aromatic carbocycles. The van der Waals surface area contributed by atoms with Gasteiger partial charge in [-0.05, 0) is 13.0 Å². The highest BCUT2D eigenvalue weighted by Gasteiger charge is 2.00. The number of rotatable bonds is 5. The van der Waals surface area contributed by atoms with Gasteiger partial charge in [-0.25, -0.2) is 4.99 Å². The van der Waals surface area contributed by atoms with Crippen LogP contribution in [0.1, 0.15) is 11.4 Å². The standard InChI is InChI=1S/C10H19N5O.HI/c1-8-6-9(15(2)14-8)7-13-10(11)12-4-5-16-3;/h6H,4-5,7H2,1-3H3,(H3,11,12,13);1H. The van der Waals surface area contributed by atoms with Crippen LogP contribution in [-0.2, 0) is 18.3 Å². The SMILES string of the molecule is COCCNC(N)=NCc1cc(C)nn1C.I. The monoisotopic (exact) mass is 353 g/mol. The Hall–Kier alpha value is -0.830. The fraction of sp³-hybridized carbons (Fsp3) is 0.600. The number of halogens is 1. The highest BCUT2D eigenvalue weighted by Crippen LogP contribution is 2.02. The van der Waals surface area contributed by atoms with Gasteiger partial charge >= 0.3 is 0 Å². The van der Waals surface area contributed by atoms with Crippen molar-refractivity contribution in [2.75, 3.05) is 20.3 Å². The molecule has 1 aromatic heterocycles. The minimum Gasteiger partial charge on any atom is -0.383 e. The van der Waals surface area contributed by atoms with Crippen LogP contribution < -0.4 is 11.1 Å². The molecule has 0 bridgehead atoms. The molecule has 0 radical (unpaired) electrons. The summed E-state index contributed by atoms with van der Waals surface area (Å²) in [6.07, 6.45) is 0. The second-order valence-corrected chi connectivity index (χ2v) is 3.52. The zero-order valence-electron chi connectivity index (χ0n) is 10.4. The molecule has 0 aliphatic carbocycles. The van der Waals surface area contributed by atoms with Crippen LogP contribution in [0.15, 0.2) is 11.1 Å². The molecule has 0 unspecified atom stereocenters. The Kier molecular flexibility index (Phi) is 7.88.